The van der Waals surface area contributed by atoms with E-state index in [2.05, 4.69) is 10.1 Å². The van der Waals surface area contributed by atoms with Crippen molar-refractivity contribution < 1.29 is 23.5 Å². The van der Waals surface area contributed by atoms with E-state index in [0.29, 0.717) is 4.90 Å². The van der Waals surface area contributed by atoms with Crippen LogP contribution in [0.15, 0.2) is 42.7 Å². The van der Waals surface area contributed by atoms with E-state index >= 15 is 0 Å². The molecular weight excluding hydrogens is 335 g/mol. The summed E-state index contributed by atoms with van der Waals surface area (Å²) in [5.41, 5.74) is -0.416. The third kappa shape index (κ3) is 2.89. The molecule has 0 aliphatic carbocycles. The molecule has 0 spiro atoms. The predicted octanol–water partition coefficient (Wildman–Crippen LogP) is 3.39. The minimum absolute atomic E-state index is 0.0502. The maximum absolute atomic E-state index is 14.0. The zero-order chi connectivity index (χ0) is 24.4. The van der Waals surface area contributed by atoms with Gasteiger partial charge in [-0.3, -0.25) is 0 Å². The summed E-state index contributed by atoms with van der Waals surface area (Å²) in [6.45, 7) is -1.40. The number of esters is 1. The first kappa shape index (κ1) is 10.3. The van der Waals surface area contributed by atoms with E-state index in [1.807, 2.05) is 0 Å². The van der Waals surface area contributed by atoms with Gasteiger partial charge in [0.2, 0.25) is 0 Å². The molecule has 1 aliphatic heterocycles. The number of ether oxygens (including phenoxy) is 1. The smallest absolute Gasteiger partial charge is 0.343 e. The molecule has 1 unspecified atom stereocenters. The Morgan fingerprint density at radius 2 is 2.38 bits per heavy atom. The van der Waals surface area contributed by atoms with Crippen LogP contribution in [0.5, 0.6) is 0 Å². The summed E-state index contributed by atoms with van der Waals surface area (Å²) >= 11 is 0. The SMILES string of the molecule is [2H]C1([2H])N(c2ccn3ncc(C(=O)OCC)c3n2)C([2H])(c2cccc(F)c2)C([2H])([2H])C1([2H])[2H]. The Morgan fingerprint density at radius 3 is 3.19 bits per heavy atom. The van der Waals surface area contributed by atoms with Gasteiger partial charge in [-0.1, -0.05) is 12.1 Å². The highest BCUT2D eigenvalue weighted by Crippen LogP contribution is 2.35. The molecule has 1 aliphatic rings. The second kappa shape index (κ2) is 6.74. The number of carbonyl (C=O) groups is 1. The highest BCUT2D eigenvalue weighted by Gasteiger charge is 2.28. The number of benzene rings is 1. The zero-order valence-electron chi connectivity index (χ0n) is 20.7. The molecule has 1 atom stereocenters. The van der Waals surface area contributed by atoms with Gasteiger partial charge in [0, 0.05) is 20.9 Å². The molecule has 26 heavy (non-hydrogen) atoms. The summed E-state index contributed by atoms with van der Waals surface area (Å²) in [6.07, 6.45) is -3.87. The number of rotatable bonds is 4. The fraction of sp³-hybridized carbons (Fsp3) is 0.316. The number of aromatic nitrogens is 3. The van der Waals surface area contributed by atoms with Gasteiger partial charge in [-0.05, 0) is 43.4 Å². The van der Waals surface area contributed by atoms with Crippen molar-refractivity contribution in [3.63, 3.8) is 0 Å². The summed E-state index contributed by atoms with van der Waals surface area (Å²) in [5.74, 6) is -1.88. The van der Waals surface area contributed by atoms with Crippen LogP contribution < -0.4 is 4.90 Å². The van der Waals surface area contributed by atoms with Crippen LogP contribution in [0, 0.1) is 5.82 Å². The molecule has 4 rings (SSSR count). The van der Waals surface area contributed by atoms with Crippen LogP contribution in [0.2, 0.25) is 0 Å². The van der Waals surface area contributed by atoms with Crippen molar-refractivity contribution in [1.82, 2.24) is 14.6 Å². The monoisotopic (exact) mass is 361 g/mol. The molecule has 0 amide bonds. The molecule has 0 saturated carbocycles. The molecule has 3 heterocycles. The molecule has 2 aromatic heterocycles. The maximum atomic E-state index is 14.0. The van der Waals surface area contributed by atoms with Gasteiger partial charge in [-0.2, -0.15) is 5.10 Å². The standard InChI is InChI=1S/C19H19FN4O2/c1-2-26-19(25)15-12-21-24-10-8-17(22-18(15)24)23-9-4-7-16(23)13-5-3-6-14(20)11-13/h3,5-6,8,10-12,16H,2,4,7,9H2,1H3/i4D2,7D2,9D2,16D. The van der Waals surface area contributed by atoms with Crippen LogP contribution in [0.1, 0.15) is 51.2 Å². The van der Waals surface area contributed by atoms with Crippen molar-refractivity contribution in [2.24, 2.45) is 0 Å². The van der Waals surface area contributed by atoms with Gasteiger partial charge < -0.3 is 9.64 Å². The molecular formula is C19H19FN4O2. The summed E-state index contributed by atoms with van der Waals surface area (Å²) in [4.78, 5) is 17.0. The van der Waals surface area contributed by atoms with Crippen molar-refractivity contribution in [2.45, 2.75) is 25.7 Å². The normalized spacial score (nSPS) is 29.6. The van der Waals surface area contributed by atoms with E-state index in [1.165, 1.54) is 35.1 Å². The van der Waals surface area contributed by atoms with E-state index in [4.69, 9.17) is 14.3 Å². The van der Waals surface area contributed by atoms with E-state index in [1.54, 1.807) is 6.92 Å². The maximum Gasteiger partial charge on any atom is 0.343 e. The molecule has 7 heteroatoms. The molecule has 1 saturated heterocycles. The first-order chi connectivity index (χ1) is 15.3. The summed E-state index contributed by atoms with van der Waals surface area (Å²) in [5, 5.41) is 3.99. The van der Waals surface area contributed by atoms with E-state index < -0.39 is 37.0 Å². The topological polar surface area (TPSA) is 59.7 Å². The average Bonchev–Trinajstić information content (AvgIpc) is 3.19. The molecule has 134 valence electrons. The van der Waals surface area contributed by atoms with Crippen molar-refractivity contribution in [3.8, 4) is 0 Å². The molecule has 0 bridgehead atoms. The lowest BCUT2D eigenvalue weighted by Crippen LogP contribution is -2.24. The van der Waals surface area contributed by atoms with Crippen LogP contribution in [0.4, 0.5) is 10.2 Å². The fourth-order valence-corrected chi connectivity index (χ4v) is 2.60. The Hall–Kier alpha value is -2.96. The second-order valence-electron chi connectivity index (χ2n) is 5.39. The lowest BCUT2D eigenvalue weighted by molar-refractivity contribution is 0.0528. The first-order valence-corrected chi connectivity index (χ1v) is 7.88. The van der Waals surface area contributed by atoms with Crippen LogP contribution >= 0.6 is 0 Å². The third-order valence-corrected chi connectivity index (χ3v) is 3.75. The first-order valence-electron chi connectivity index (χ1n) is 11.4. The van der Waals surface area contributed by atoms with Crippen LogP contribution in [0.25, 0.3) is 5.65 Å². The van der Waals surface area contributed by atoms with Crippen LogP contribution in [-0.2, 0) is 4.74 Å². The number of carbonyl (C=O) groups excluding carboxylic acids is 1. The largest absolute Gasteiger partial charge is 0.462 e. The lowest BCUT2D eigenvalue weighted by atomic mass is 10.0. The van der Waals surface area contributed by atoms with Crippen molar-refractivity contribution in [1.29, 1.82) is 0 Å². The van der Waals surface area contributed by atoms with Gasteiger partial charge in [0.05, 0.1) is 20.2 Å². The number of halogens is 1. The number of hydrogen-bond acceptors (Lipinski definition) is 5. The van der Waals surface area contributed by atoms with Crippen molar-refractivity contribution in [3.05, 3.63) is 59.7 Å². The number of nitrogens with zero attached hydrogens (tertiary/aromatic N) is 4. The van der Waals surface area contributed by atoms with E-state index in [0.717, 1.165) is 12.1 Å². The van der Waals surface area contributed by atoms with Gasteiger partial charge in [0.15, 0.2) is 5.65 Å². The van der Waals surface area contributed by atoms with Gasteiger partial charge in [0.25, 0.3) is 0 Å². The summed E-state index contributed by atoms with van der Waals surface area (Å²) in [6, 6.07) is 2.83. The highest BCUT2D eigenvalue weighted by molar-refractivity contribution is 5.95. The Bertz CT molecular complexity index is 1250. The minimum Gasteiger partial charge on any atom is -0.462 e. The molecule has 6 nitrogen and oxygen atoms in total. The highest BCUT2D eigenvalue weighted by atomic mass is 19.1. The fourth-order valence-electron chi connectivity index (χ4n) is 2.60. The molecule has 1 fully saturated rings. The predicted molar refractivity (Wildman–Crippen MR) is 94.7 cm³/mol. The van der Waals surface area contributed by atoms with Crippen molar-refractivity contribution in [2.75, 3.05) is 18.0 Å². The Kier molecular flexibility index (Phi) is 2.66. The van der Waals surface area contributed by atoms with Crippen molar-refractivity contribution >= 4 is 17.4 Å². The molecule has 3 aromatic rings. The Balaban J connectivity index is 2.00. The molecule has 0 N–H and O–H groups in total. The average molecular weight is 361 g/mol. The molecule has 0 radical (unpaired) electrons. The number of hydrogen-bond donors (Lipinski definition) is 0. The minimum atomic E-state index is -3.22. The zero-order valence-corrected chi connectivity index (χ0v) is 13.7. The summed E-state index contributed by atoms with van der Waals surface area (Å²) in [7, 11) is 0. The lowest BCUT2D eigenvalue weighted by Gasteiger charge is -2.26. The van der Waals surface area contributed by atoms with Gasteiger partial charge >= 0.3 is 5.97 Å². The second-order valence-corrected chi connectivity index (χ2v) is 5.39. The van der Waals surface area contributed by atoms with Gasteiger partial charge in [0.1, 0.15) is 17.2 Å². The van der Waals surface area contributed by atoms with Gasteiger partial charge in [-0.25, -0.2) is 18.7 Å². The quantitative estimate of drug-likeness (QED) is 0.667. The molecule has 1 aromatic carbocycles. The Morgan fingerprint density at radius 1 is 1.50 bits per heavy atom. The van der Waals surface area contributed by atoms with E-state index in [-0.39, 0.29) is 29.2 Å². The summed E-state index contributed by atoms with van der Waals surface area (Å²) < 4.78 is 79.7. The van der Waals surface area contributed by atoms with Crippen LogP contribution in [0.3, 0.4) is 0 Å². The number of fused-ring (bicyclic) bond motifs is 1. The number of anilines is 1. The van der Waals surface area contributed by atoms with Crippen LogP contribution in [-0.4, -0.2) is 33.7 Å². The van der Waals surface area contributed by atoms with Gasteiger partial charge in [-0.15, -0.1) is 0 Å². The van der Waals surface area contributed by atoms with E-state index in [9.17, 15) is 9.18 Å². The Labute approximate surface area is 160 Å². The third-order valence-electron chi connectivity index (χ3n) is 3.75.